The van der Waals surface area contributed by atoms with Gasteiger partial charge in [-0.05, 0) is 29.2 Å². The fraction of sp³-hybridized carbons (Fsp3) is 0.282. The second-order valence-corrected chi connectivity index (χ2v) is 11.8. The molecule has 0 bridgehead atoms. The predicted molar refractivity (Wildman–Crippen MR) is 181 cm³/mol. The van der Waals surface area contributed by atoms with Crippen LogP contribution < -0.4 is 11.2 Å². The number of hydrogen-bond acceptors (Lipinski definition) is 7. The molecule has 0 amide bonds. The molecular weight excluding hydrogens is 608 g/mol. The lowest BCUT2D eigenvalue weighted by Gasteiger charge is -2.29. The molecule has 1 aliphatic heterocycles. The summed E-state index contributed by atoms with van der Waals surface area (Å²) >= 11 is 0. The third-order valence-electron chi connectivity index (χ3n) is 8.28. The van der Waals surface area contributed by atoms with Crippen LogP contribution >= 0.6 is 0 Å². The van der Waals surface area contributed by atoms with Gasteiger partial charge in [0.25, 0.3) is 5.56 Å². The average Bonchev–Trinajstić information content (AvgIpc) is 3.48. The molecule has 5 aromatic rings. The first-order valence-electron chi connectivity index (χ1n) is 16.1. The normalized spacial score (nSPS) is 19.7. The highest BCUT2D eigenvalue weighted by atomic mass is 16.6. The van der Waals surface area contributed by atoms with Crippen molar-refractivity contribution >= 4 is 0 Å². The first-order valence-corrected chi connectivity index (χ1v) is 16.1. The minimum Gasteiger partial charge on any atom is -0.374 e. The van der Waals surface area contributed by atoms with Gasteiger partial charge in [-0.1, -0.05) is 121 Å². The quantitative estimate of drug-likeness (QED) is 0.155. The topological polar surface area (TPSA) is 101 Å². The zero-order valence-electron chi connectivity index (χ0n) is 26.9. The van der Waals surface area contributed by atoms with Crippen molar-refractivity contribution in [3.63, 3.8) is 0 Å². The molecule has 0 radical (unpaired) electrons. The molecular formula is C39H40N2O7. The maximum Gasteiger partial charge on any atom is 0.330 e. The van der Waals surface area contributed by atoms with E-state index in [1.165, 1.54) is 10.8 Å². The summed E-state index contributed by atoms with van der Waals surface area (Å²) in [4.78, 5) is 28.0. The minimum atomic E-state index is -0.931. The van der Waals surface area contributed by atoms with Crippen molar-refractivity contribution in [2.75, 3.05) is 6.61 Å². The van der Waals surface area contributed by atoms with Crippen LogP contribution in [0.1, 0.15) is 34.0 Å². The highest BCUT2D eigenvalue weighted by molar-refractivity contribution is 5.16. The molecule has 1 aliphatic rings. The summed E-state index contributed by atoms with van der Waals surface area (Å²) in [6.07, 6.45) is -2.18. The van der Waals surface area contributed by atoms with Crippen molar-refractivity contribution in [3.05, 3.63) is 176 Å². The van der Waals surface area contributed by atoms with Crippen LogP contribution in [0.15, 0.2) is 137 Å². The Morgan fingerprint density at radius 2 is 1.15 bits per heavy atom. The molecule has 4 aromatic carbocycles. The van der Waals surface area contributed by atoms with Gasteiger partial charge in [-0.25, -0.2) is 4.79 Å². The van der Waals surface area contributed by atoms with Crippen molar-refractivity contribution < 1.29 is 23.7 Å². The Hall–Kier alpha value is -4.64. The number of ether oxygens (including phenoxy) is 5. The molecule has 0 unspecified atom stereocenters. The molecule has 48 heavy (non-hydrogen) atoms. The van der Waals surface area contributed by atoms with Crippen LogP contribution in [-0.4, -0.2) is 40.6 Å². The maximum atomic E-state index is 13.3. The molecule has 5 atom stereocenters. The molecule has 1 fully saturated rings. The van der Waals surface area contributed by atoms with Crippen molar-refractivity contribution in [3.8, 4) is 0 Å². The summed E-state index contributed by atoms with van der Waals surface area (Å²) in [5, 5.41) is 0. The van der Waals surface area contributed by atoms with E-state index >= 15 is 0 Å². The second kappa shape index (κ2) is 16.5. The Labute approximate surface area is 279 Å². The van der Waals surface area contributed by atoms with E-state index in [4.69, 9.17) is 23.7 Å². The Kier molecular flexibility index (Phi) is 11.4. The molecule has 9 heteroatoms. The lowest BCUT2D eigenvalue weighted by atomic mass is 10.0. The number of aromatic nitrogens is 2. The van der Waals surface area contributed by atoms with Gasteiger partial charge >= 0.3 is 5.69 Å². The van der Waals surface area contributed by atoms with Crippen molar-refractivity contribution in [1.82, 2.24) is 9.55 Å². The molecule has 0 saturated carbocycles. The predicted octanol–water partition coefficient (Wildman–Crippen LogP) is 5.72. The molecule has 9 nitrogen and oxygen atoms in total. The third-order valence-corrected chi connectivity index (χ3v) is 8.28. The van der Waals surface area contributed by atoms with Crippen molar-refractivity contribution in [2.24, 2.45) is 0 Å². The van der Waals surface area contributed by atoms with Crippen LogP contribution in [0.2, 0.25) is 0 Å². The van der Waals surface area contributed by atoms with Crippen LogP contribution in [0.5, 0.6) is 0 Å². The van der Waals surface area contributed by atoms with Gasteiger partial charge in [0, 0.05) is 11.8 Å². The van der Waals surface area contributed by atoms with E-state index in [2.05, 4.69) is 4.98 Å². The number of nitrogens with one attached hydrogen (secondary N) is 1. The van der Waals surface area contributed by atoms with E-state index in [1.54, 1.807) is 6.92 Å². The largest absolute Gasteiger partial charge is 0.374 e. The number of aromatic amines is 1. The van der Waals surface area contributed by atoms with Crippen LogP contribution in [0.3, 0.4) is 0 Å². The number of hydrogen-bond donors (Lipinski definition) is 1. The van der Waals surface area contributed by atoms with Gasteiger partial charge in [0.2, 0.25) is 0 Å². The van der Waals surface area contributed by atoms with Gasteiger partial charge in [-0.15, -0.1) is 0 Å². The molecule has 2 heterocycles. The number of rotatable bonds is 15. The van der Waals surface area contributed by atoms with E-state index in [-0.39, 0.29) is 19.8 Å². The molecule has 0 aliphatic carbocycles. The summed E-state index contributed by atoms with van der Waals surface area (Å²) in [6, 6.07) is 39.4. The van der Waals surface area contributed by atoms with Gasteiger partial charge in [0.15, 0.2) is 6.23 Å². The lowest BCUT2D eigenvalue weighted by molar-refractivity contribution is -0.146. The number of aryl methyl sites for hydroxylation is 1. The van der Waals surface area contributed by atoms with E-state index in [0.717, 1.165) is 22.3 Å². The van der Waals surface area contributed by atoms with Gasteiger partial charge in [-0.3, -0.25) is 14.3 Å². The number of benzene rings is 4. The summed E-state index contributed by atoms with van der Waals surface area (Å²) in [7, 11) is 0. The SMILES string of the molecule is Cc1cn([C@@H]2O[C@H]([C@@H](COCc3ccccc3)OCc3ccccc3)[C@H](OCc3ccccc3)[C@@H]2OCc2ccccc2)c(=O)[nH]c1=O. The van der Waals surface area contributed by atoms with Gasteiger partial charge < -0.3 is 23.7 Å². The summed E-state index contributed by atoms with van der Waals surface area (Å²) < 4.78 is 34.2. The fourth-order valence-corrected chi connectivity index (χ4v) is 5.75. The smallest absolute Gasteiger partial charge is 0.330 e. The summed E-state index contributed by atoms with van der Waals surface area (Å²) in [6.45, 7) is 3.05. The molecule has 0 spiro atoms. The first-order chi connectivity index (χ1) is 23.5. The second-order valence-electron chi connectivity index (χ2n) is 11.8. The third kappa shape index (κ3) is 8.63. The van der Waals surface area contributed by atoms with Crippen LogP contribution in [0.25, 0.3) is 0 Å². The Morgan fingerprint density at radius 3 is 1.69 bits per heavy atom. The highest BCUT2D eigenvalue weighted by Crippen LogP contribution is 2.37. The monoisotopic (exact) mass is 648 g/mol. The van der Waals surface area contributed by atoms with E-state index in [1.807, 2.05) is 121 Å². The summed E-state index contributed by atoms with van der Waals surface area (Å²) in [5.41, 5.74) is 3.26. The Balaban J connectivity index is 1.35. The zero-order valence-corrected chi connectivity index (χ0v) is 26.9. The zero-order chi connectivity index (χ0) is 33.1. The van der Waals surface area contributed by atoms with Crippen molar-refractivity contribution in [1.29, 1.82) is 0 Å². The molecule has 248 valence electrons. The molecule has 6 rings (SSSR count). The minimum absolute atomic E-state index is 0.190. The van der Waals surface area contributed by atoms with Crippen LogP contribution in [-0.2, 0) is 50.1 Å². The van der Waals surface area contributed by atoms with E-state index in [0.29, 0.717) is 18.8 Å². The maximum absolute atomic E-state index is 13.3. The lowest BCUT2D eigenvalue weighted by Crippen LogP contribution is -2.45. The van der Waals surface area contributed by atoms with Crippen LogP contribution in [0, 0.1) is 6.92 Å². The fourth-order valence-electron chi connectivity index (χ4n) is 5.75. The molecule has 1 aromatic heterocycles. The van der Waals surface area contributed by atoms with Crippen LogP contribution in [0.4, 0.5) is 0 Å². The van der Waals surface area contributed by atoms with Gasteiger partial charge in [0.05, 0.1) is 33.0 Å². The number of H-pyrrole nitrogens is 1. The molecule has 1 N–H and O–H groups in total. The molecule has 1 saturated heterocycles. The van der Waals surface area contributed by atoms with E-state index < -0.39 is 41.9 Å². The average molecular weight is 649 g/mol. The van der Waals surface area contributed by atoms with Gasteiger partial charge in [-0.2, -0.15) is 0 Å². The standard InChI is InChI=1S/C39H40N2O7/c1-28-22-41(39(43)40-37(28)42)38-36(47-26-32-20-12-5-13-21-32)35(46-25-31-18-10-4-11-19-31)34(48-38)33(45-24-30-16-8-3-9-17-30)27-44-23-29-14-6-2-7-15-29/h2-22,33-36,38H,23-27H2,1H3,(H,40,42,43)/t33-,34-,35+,36+,38-/m1/s1. The van der Waals surface area contributed by atoms with Gasteiger partial charge in [0.1, 0.15) is 24.4 Å². The number of nitrogens with zero attached hydrogens (tertiary/aromatic N) is 1. The highest BCUT2D eigenvalue weighted by Gasteiger charge is 2.51. The first kappa shape index (κ1) is 33.3. The Morgan fingerprint density at radius 1 is 0.667 bits per heavy atom. The Bertz CT molecular complexity index is 1810. The van der Waals surface area contributed by atoms with Crippen molar-refractivity contribution in [2.45, 2.75) is 64.0 Å². The summed E-state index contributed by atoms with van der Waals surface area (Å²) in [5.74, 6) is 0. The van der Waals surface area contributed by atoms with E-state index in [9.17, 15) is 9.59 Å².